The maximum Gasteiger partial charge on any atom is 0.175 e. The summed E-state index contributed by atoms with van der Waals surface area (Å²) in [7, 11) is -3.48. The van der Waals surface area contributed by atoms with Crippen molar-refractivity contribution in [1.82, 2.24) is 4.57 Å². The van der Waals surface area contributed by atoms with Gasteiger partial charge in [0.1, 0.15) is 5.49 Å². The maximum atomic E-state index is 11.9. The lowest BCUT2D eigenvalue weighted by molar-refractivity contribution is 0.101. The predicted octanol–water partition coefficient (Wildman–Crippen LogP) is 2.93. The molecule has 0 saturated carbocycles. The van der Waals surface area contributed by atoms with Crippen molar-refractivity contribution >= 4 is 38.8 Å². The normalized spacial score (nSPS) is 11.5. The van der Waals surface area contributed by atoms with E-state index in [0.717, 1.165) is 6.26 Å². The molecule has 0 bridgehead atoms. The van der Waals surface area contributed by atoms with E-state index in [1.807, 2.05) is 0 Å². The van der Waals surface area contributed by atoms with E-state index in [1.165, 1.54) is 29.8 Å². The minimum atomic E-state index is -3.48. The van der Waals surface area contributed by atoms with Gasteiger partial charge in [-0.2, -0.15) is 0 Å². The van der Waals surface area contributed by atoms with Gasteiger partial charge in [-0.3, -0.25) is 10.2 Å². The van der Waals surface area contributed by atoms with Gasteiger partial charge in [0, 0.05) is 17.5 Å². The van der Waals surface area contributed by atoms with E-state index >= 15 is 0 Å². The highest BCUT2D eigenvalue weighted by Crippen LogP contribution is 2.22. The molecule has 1 heterocycles. The molecule has 0 radical (unpaired) electrons. The molecule has 0 unspecified atom stereocenters. The first-order chi connectivity index (χ1) is 10.6. The first kappa shape index (κ1) is 17.7. The fourth-order valence-corrected chi connectivity index (χ4v) is 3.61. The van der Waals surface area contributed by atoms with Crippen molar-refractivity contribution in [3.8, 4) is 0 Å². The van der Waals surface area contributed by atoms with Crippen LogP contribution < -0.4 is 5.49 Å². The Morgan fingerprint density at radius 2 is 1.87 bits per heavy atom. The number of hydrogen-bond donors (Lipinski definition) is 1. The van der Waals surface area contributed by atoms with E-state index in [1.54, 1.807) is 12.1 Å². The van der Waals surface area contributed by atoms with Crippen molar-refractivity contribution in [2.45, 2.75) is 18.4 Å². The second-order valence-corrected chi connectivity index (χ2v) is 7.99. The molecule has 0 aliphatic carbocycles. The maximum absolute atomic E-state index is 11.9. The lowest BCUT2D eigenvalue weighted by Crippen LogP contribution is -2.26. The van der Waals surface area contributed by atoms with Crippen LogP contribution in [0.1, 0.15) is 22.8 Å². The minimum Gasteiger partial charge on any atom is -0.327 e. The highest BCUT2D eigenvalue weighted by atomic mass is 35.5. The van der Waals surface area contributed by atoms with Crippen LogP contribution >= 0.6 is 23.2 Å². The summed E-state index contributed by atoms with van der Waals surface area (Å²) in [6.45, 7) is 1.43. The Balaban J connectivity index is 2.62. The standard InChI is InChI=1S/C15H14Cl2N2O3S/c1-9(20)13-5-12(17)8-19(15(13)18)7-10-3-4-11(16)6-14(10)23(2,21)22/h3-6,8,18H,7H2,1-2H3. The van der Waals surface area contributed by atoms with Crippen LogP contribution in [0.4, 0.5) is 0 Å². The van der Waals surface area contributed by atoms with Crippen LogP contribution in [0.2, 0.25) is 10.0 Å². The van der Waals surface area contributed by atoms with Gasteiger partial charge in [-0.1, -0.05) is 29.3 Å². The third-order valence-electron chi connectivity index (χ3n) is 3.25. The number of halogens is 2. The first-order valence-electron chi connectivity index (χ1n) is 6.53. The average molecular weight is 373 g/mol. The van der Waals surface area contributed by atoms with E-state index in [4.69, 9.17) is 28.6 Å². The quantitative estimate of drug-likeness (QED) is 0.837. The zero-order valence-electron chi connectivity index (χ0n) is 12.4. The number of benzene rings is 1. The number of hydrogen-bond acceptors (Lipinski definition) is 4. The SMILES string of the molecule is CC(=O)c1cc(Cl)cn(Cc2ccc(Cl)cc2S(C)(=O)=O)c1=N. The van der Waals surface area contributed by atoms with Gasteiger partial charge in [-0.25, -0.2) is 8.42 Å². The summed E-state index contributed by atoms with van der Waals surface area (Å²) in [6, 6.07) is 5.95. The van der Waals surface area contributed by atoms with Gasteiger partial charge >= 0.3 is 0 Å². The Labute approximate surface area is 143 Å². The molecule has 2 aromatic rings. The molecule has 8 heteroatoms. The van der Waals surface area contributed by atoms with E-state index < -0.39 is 9.84 Å². The minimum absolute atomic E-state index is 0.0312. The third-order valence-corrected chi connectivity index (χ3v) is 4.87. The number of sulfone groups is 1. The van der Waals surface area contributed by atoms with Crippen molar-refractivity contribution in [3.05, 3.63) is 57.1 Å². The third kappa shape index (κ3) is 4.02. The monoisotopic (exact) mass is 372 g/mol. The molecule has 5 nitrogen and oxygen atoms in total. The van der Waals surface area contributed by atoms with Crippen LogP contribution in [0, 0.1) is 5.41 Å². The predicted molar refractivity (Wildman–Crippen MR) is 89.0 cm³/mol. The Hall–Kier alpha value is -1.63. The second-order valence-electron chi connectivity index (χ2n) is 5.13. The summed E-state index contributed by atoms with van der Waals surface area (Å²) in [6.07, 6.45) is 2.57. The molecule has 0 atom stereocenters. The van der Waals surface area contributed by atoms with Crippen LogP contribution in [0.25, 0.3) is 0 Å². The van der Waals surface area contributed by atoms with E-state index in [-0.39, 0.29) is 28.3 Å². The molecule has 1 aromatic heterocycles. The molecule has 23 heavy (non-hydrogen) atoms. The van der Waals surface area contributed by atoms with Gasteiger partial charge in [-0.15, -0.1) is 0 Å². The number of nitrogens with zero attached hydrogens (tertiary/aromatic N) is 1. The van der Waals surface area contributed by atoms with E-state index in [0.29, 0.717) is 15.6 Å². The number of ketones is 1. The molecule has 0 spiro atoms. The van der Waals surface area contributed by atoms with E-state index in [9.17, 15) is 13.2 Å². The second kappa shape index (κ2) is 6.47. The number of pyridine rings is 1. The zero-order chi connectivity index (χ0) is 17.4. The van der Waals surface area contributed by atoms with Gasteiger partial charge in [0.25, 0.3) is 0 Å². The molecular weight excluding hydrogens is 359 g/mol. The lowest BCUT2D eigenvalue weighted by atomic mass is 10.2. The number of carbonyl (C=O) groups is 1. The van der Waals surface area contributed by atoms with Gasteiger partial charge in [0.15, 0.2) is 15.6 Å². The molecule has 0 aliphatic rings. The van der Waals surface area contributed by atoms with Crippen molar-refractivity contribution in [3.63, 3.8) is 0 Å². The summed E-state index contributed by atoms with van der Waals surface area (Å²) in [5.41, 5.74) is 0.607. The summed E-state index contributed by atoms with van der Waals surface area (Å²) in [4.78, 5) is 11.7. The summed E-state index contributed by atoms with van der Waals surface area (Å²) in [5, 5.41) is 8.70. The highest BCUT2D eigenvalue weighted by molar-refractivity contribution is 7.90. The number of rotatable bonds is 4. The van der Waals surface area contributed by atoms with Gasteiger partial charge in [0.05, 0.1) is 22.0 Å². The smallest absolute Gasteiger partial charge is 0.175 e. The van der Waals surface area contributed by atoms with Crippen molar-refractivity contribution in [2.24, 2.45) is 0 Å². The fraction of sp³-hybridized carbons (Fsp3) is 0.200. The number of Topliss-reactive ketones (excluding diaryl/α,β-unsaturated/α-hetero) is 1. The molecule has 0 amide bonds. The summed E-state index contributed by atoms with van der Waals surface area (Å²) < 4.78 is 25.3. The average Bonchev–Trinajstić information content (AvgIpc) is 2.42. The van der Waals surface area contributed by atoms with Gasteiger partial charge in [0.2, 0.25) is 0 Å². The molecule has 0 saturated heterocycles. The highest BCUT2D eigenvalue weighted by Gasteiger charge is 2.15. The number of carbonyl (C=O) groups excluding carboxylic acids is 1. The van der Waals surface area contributed by atoms with Crippen LogP contribution in [-0.2, 0) is 16.4 Å². The fourth-order valence-electron chi connectivity index (χ4n) is 2.19. The lowest BCUT2D eigenvalue weighted by Gasteiger charge is -2.13. The van der Waals surface area contributed by atoms with Crippen LogP contribution in [-0.4, -0.2) is 25.0 Å². The Morgan fingerprint density at radius 3 is 2.43 bits per heavy atom. The van der Waals surface area contributed by atoms with Gasteiger partial charge < -0.3 is 4.57 Å². The Morgan fingerprint density at radius 1 is 1.22 bits per heavy atom. The zero-order valence-corrected chi connectivity index (χ0v) is 14.8. The topological polar surface area (TPSA) is 80.0 Å². The number of nitrogens with one attached hydrogen (secondary N) is 1. The Kier molecular flexibility index (Phi) is 4.98. The molecule has 0 aliphatic heterocycles. The largest absolute Gasteiger partial charge is 0.327 e. The molecule has 0 fully saturated rings. The molecule has 2 rings (SSSR count). The summed E-state index contributed by atoms with van der Waals surface area (Å²) in [5.74, 6) is -0.286. The van der Waals surface area contributed by atoms with Crippen molar-refractivity contribution in [2.75, 3.05) is 6.26 Å². The molecule has 122 valence electrons. The Bertz CT molecular complexity index is 950. The van der Waals surface area contributed by atoms with Crippen LogP contribution in [0.15, 0.2) is 35.4 Å². The van der Waals surface area contributed by atoms with Crippen molar-refractivity contribution < 1.29 is 13.2 Å². The first-order valence-corrected chi connectivity index (χ1v) is 9.18. The molecular formula is C15H14Cl2N2O3S. The van der Waals surface area contributed by atoms with E-state index in [2.05, 4.69) is 0 Å². The molecule has 1 N–H and O–H groups in total. The van der Waals surface area contributed by atoms with Crippen molar-refractivity contribution in [1.29, 1.82) is 5.41 Å². The van der Waals surface area contributed by atoms with Crippen LogP contribution in [0.3, 0.4) is 0 Å². The summed E-state index contributed by atoms with van der Waals surface area (Å²) >= 11 is 11.9. The van der Waals surface area contributed by atoms with Crippen LogP contribution in [0.5, 0.6) is 0 Å². The number of aromatic nitrogens is 1. The molecule has 1 aromatic carbocycles. The van der Waals surface area contributed by atoms with Gasteiger partial charge in [-0.05, 0) is 30.7 Å².